The number of carbonyl (C=O) groups excluding carboxylic acids is 2. The summed E-state index contributed by atoms with van der Waals surface area (Å²) in [7, 11) is 0. The molecule has 1 aromatic carbocycles. The standard InChI is InChI=1S/C20H28N4O8.C2HF3O2/c21-19(22)23-6-7-28-14-10-30-17-15(11-31-16(14)17)29-9-13(18(25)26)24-20(27)32-8-12-4-2-1-3-5-12;3-2(4,5)1(6)7/h1-5,13-17H,6-11H2,(H,24,27)(H,25,26)(H4,21,22,23);(H,6,7)/t13-,14-,15+,16+,17+;/m0./s1. The number of carboxylic acid groups (broad SMARTS) is 2. The molecule has 0 bridgehead atoms. The number of guanidine groups is 1. The van der Waals surface area contributed by atoms with E-state index in [9.17, 15) is 27.9 Å². The van der Waals surface area contributed by atoms with Gasteiger partial charge in [-0.05, 0) is 5.56 Å². The molecule has 2 aliphatic rings. The van der Waals surface area contributed by atoms with Gasteiger partial charge < -0.3 is 44.0 Å². The summed E-state index contributed by atoms with van der Waals surface area (Å²) in [6, 6.07) is 7.78. The summed E-state index contributed by atoms with van der Waals surface area (Å²) >= 11 is 0. The molecule has 2 heterocycles. The van der Waals surface area contributed by atoms with Gasteiger partial charge in [0.1, 0.15) is 37.0 Å². The van der Waals surface area contributed by atoms with Gasteiger partial charge in [0.25, 0.3) is 0 Å². The first kappa shape index (κ1) is 31.5. The number of nitrogens with one attached hydrogen (secondary N) is 2. The van der Waals surface area contributed by atoms with E-state index in [0.717, 1.165) is 5.56 Å². The fraction of sp³-hybridized carbons (Fsp3) is 0.545. The lowest BCUT2D eigenvalue weighted by Crippen LogP contribution is -2.79. The highest BCUT2D eigenvalue weighted by Gasteiger charge is 2.49. The molecule has 0 saturated carbocycles. The maximum atomic E-state index is 12.0. The Hall–Kier alpha value is -3.67. The molecule has 39 heavy (non-hydrogen) atoms. The normalized spacial score (nSPS) is 22.5. The van der Waals surface area contributed by atoms with Crippen molar-refractivity contribution in [1.82, 2.24) is 5.32 Å². The van der Waals surface area contributed by atoms with E-state index in [1.54, 1.807) is 12.1 Å². The molecular weight excluding hydrogens is 537 g/mol. The van der Waals surface area contributed by atoms with Gasteiger partial charge in [-0.2, -0.15) is 13.2 Å². The van der Waals surface area contributed by atoms with E-state index in [1.165, 1.54) is 0 Å². The molecule has 0 aliphatic carbocycles. The number of benzene rings is 1. The zero-order chi connectivity index (χ0) is 29.0. The molecule has 2 fully saturated rings. The number of hydrogen-bond acceptors (Lipinski definition) is 9. The van der Waals surface area contributed by atoms with Crippen molar-refractivity contribution in [3.63, 3.8) is 0 Å². The Labute approximate surface area is 220 Å². The van der Waals surface area contributed by atoms with Crippen LogP contribution in [0, 0.1) is 0 Å². The molecule has 17 heteroatoms. The lowest BCUT2D eigenvalue weighted by atomic mass is 10.1. The Kier molecular flexibility index (Phi) is 12.2. The van der Waals surface area contributed by atoms with Crippen molar-refractivity contribution in [2.75, 3.05) is 33.0 Å². The summed E-state index contributed by atoms with van der Waals surface area (Å²) in [5, 5.41) is 20.5. The van der Waals surface area contributed by atoms with Gasteiger partial charge in [-0.25, -0.2) is 9.59 Å². The van der Waals surface area contributed by atoms with Gasteiger partial charge in [-0.15, -0.1) is 0 Å². The highest BCUT2D eigenvalue weighted by molar-refractivity contribution is 5.80. The molecule has 14 nitrogen and oxygen atoms in total. The van der Waals surface area contributed by atoms with Crippen molar-refractivity contribution in [1.29, 1.82) is 0 Å². The molecule has 0 aromatic heterocycles. The first-order chi connectivity index (χ1) is 18.4. The van der Waals surface area contributed by atoms with Crippen LogP contribution in [-0.2, 0) is 39.9 Å². The summed E-state index contributed by atoms with van der Waals surface area (Å²) in [4.78, 5) is 35.1. The number of carbonyl (C=O) groups is 3. The van der Waals surface area contributed by atoms with Crippen LogP contribution in [0.5, 0.6) is 0 Å². The maximum Gasteiger partial charge on any atom is 0.430 e. The predicted octanol–water partition coefficient (Wildman–Crippen LogP) is -3.41. The van der Waals surface area contributed by atoms with Crippen molar-refractivity contribution < 1.29 is 66.4 Å². The number of ether oxygens (including phenoxy) is 5. The lowest BCUT2D eigenvalue weighted by molar-refractivity contribution is -0.464. The van der Waals surface area contributed by atoms with E-state index in [2.05, 4.69) is 10.3 Å². The van der Waals surface area contributed by atoms with Crippen LogP contribution in [0.1, 0.15) is 5.56 Å². The van der Waals surface area contributed by atoms with E-state index in [0.29, 0.717) is 19.8 Å². The molecule has 2 saturated heterocycles. The average molecular weight is 566 g/mol. The van der Waals surface area contributed by atoms with Crippen LogP contribution in [-0.4, -0.2) is 98.7 Å². The van der Waals surface area contributed by atoms with Crippen LogP contribution in [0.2, 0.25) is 0 Å². The number of carboxylic acids is 2. The van der Waals surface area contributed by atoms with Gasteiger partial charge in [0, 0.05) is 0 Å². The third-order valence-electron chi connectivity index (χ3n) is 5.24. The molecule has 0 spiro atoms. The number of amides is 1. The maximum absolute atomic E-state index is 12.0. The number of alkyl halides is 3. The van der Waals surface area contributed by atoms with Gasteiger partial charge in [0.15, 0.2) is 6.04 Å². The van der Waals surface area contributed by atoms with Crippen LogP contribution < -0.4 is 26.9 Å². The molecule has 218 valence electrons. The largest absolute Gasteiger partial charge is 0.542 e. The molecule has 0 unspecified atom stereocenters. The second kappa shape index (κ2) is 15.1. The van der Waals surface area contributed by atoms with Gasteiger partial charge in [-0.1, -0.05) is 30.3 Å². The molecule has 5 atom stereocenters. The highest BCUT2D eigenvalue weighted by Crippen LogP contribution is 2.30. The van der Waals surface area contributed by atoms with Crippen LogP contribution in [0.3, 0.4) is 0 Å². The van der Waals surface area contributed by atoms with E-state index < -0.39 is 42.5 Å². The zero-order valence-corrected chi connectivity index (χ0v) is 20.4. The number of aliphatic carboxylic acids is 2. The van der Waals surface area contributed by atoms with Gasteiger partial charge in [0.2, 0.25) is 0 Å². The van der Waals surface area contributed by atoms with Gasteiger partial charge >= 0.3 is 24.2 Å². The Bertz CT molecular complexity index is 979. The van der Waals surface area contributed by atoms with Crippen molar-refractivity contribution >= 4 is 24.0 Å². The topological polar surface area (TPSA) is 219 Å². The average Bonchev–Trinajstić information content (AvgIpc) is 3.46. The van der Waals surface area contributed by atoms with Crippen LogP contribution >= 0.6 is 0 Å². The molecule has 2 aliphatic heterocycles. The first-order valence-electron chi connectivity index (χ1n) is 11.4. The molecule has 1 amide bonds. The Morgan fingerprint density at radius 1 is 1.10 bits per heavy atom. The summed E-state index contributed by atoms with van der Waals surface area (Å²) in [6.07, 6.45) is -7.52. The monoisotopic (exact) mass is 566 g/mol. The fourth-order valence-corrected chi connectivity index (χ4v) is 3.42. The Balaban J connectivity index is 0.000000673. The van der Waals surface area contributed by atoms with Crippen molar-refractivity contribution in [2.24, 2.45) is 11.5 Å². The molecular formula is C22H29F3N4O10. The smallest absolute Gasteiger partial charge is 0.430 e. The molecule has 3 rings (SSSR count). The molecule has 7 N–H and O–H groups in total. The fourth-order valence-electron chi connectivity index (χ4n) is 3.42. The highest BCUT2D eigenvalue weighted by atomic mass is 19.4. The third-order valence-corrected chi connectivity index (χ3v) is 5.24. The number of hydrogen-bond donors (Lipinski definition) is 5. The molecule has 1 aromatic rings. The quantitative estimate of drug-likeness (QED) is 0.101. The van der Waals surface area contributed by atoms with Gasteiger partial charge in [-0.3, -0.25) is 16.5 Å². The van der Waals surface area contributed by atoms with E-state index >= 15 is 0 Å². The second-order valence-corrected chi connectivity index (χ2v) is 8.14. The van der Waals surface area contributed by atoms with Crippen LogP contribution in [0.25, 0.3) is 0 Å². The van der Waals surface area contributed by atoms with Crippen molar-refractivity contribution in [2.45, 2.75) is 43.2 Å². The summed E-state index contributed by atoms with van der Waals surface area (Å²) in [5.41, 5.74) is 11.4. The van der Waals surface area contributed by atoms with E-state index in [-0.39, 0.29) is 38.0 Å². The van der Waals surface area contributed by atoms with Crippen LogP contribution in [0.15, 0.2) is 30.3 Å². The minimum atomic E-state index is -5.19. The second-order valence-electron chi connectivity index (χ2n) is 8.14. The van der Waals surface area contributed by atoms with Crippen molar-refractivity contribution in [3.05, 3.63) is 35.9 Å². The van der Waals surface area contributed by atoms with E-state index in [1.807, 2.05) is 18.2 Å². The number of halogens is 3. The Morgan fingerprint density at radius 2 is 1.67 bits per heavy atom. The Morgan fingerprint density at radius 3 is 2.18 bits per heavy atom. The number of rotatable bonds is 11. The van der Waals surface area contributed by atoms with Crippen molar-refractivity contribution in [3.8, 4) is 0 Å². The van der Waals surface area contributed by atoms with Crippen LogP contribution in [0.4, 0.5) is 18.0 Å². The summed E-state index contributed by atoms with van der Waals surface area (Å²) in [5.74, 6) is -4.13. The first-order valence-corrected chi connectivity index (χ1v) is 11.4. The van der Waals surface area contributed by atoms with Gasteiger partial charge in [0.05, 0.1) is 33.0 Å². The number of alkyl carbamates (subject to hydrolysis) is 1. The SMILES string of the molecule is NC(N)=[NH+]CCO[C@H]1CO[C@H]2[C@@H]1OC[C@H]2OC[C@H](NC(=O)OCc1ccccc1)C(=O)O.O=C([O-])C(F)(F)F. The minimum Gasteiger partial charge on any atom is -0.542 e. The minimum absolute atomic E-state index is 0.0285. The number of fused-ring (bicyclic) bond motifs is 1. The molecule has 0 radical (unpaired) electrons. The lowest BCUT2D eigenvalue weighted by Gasteiger charge is -2.20. The number of nitrogens with two attached hydrogens (primary N) is 2. The predicted molar refractivity (Wildman–Crippen MR) is 120 cm³/mol. The van der Waals surface area contributed by atoms with E-state index in [4.69, 9.17) is 45.1 Å². The third kappa shape index (κ3) is 10.9. The zero-order valence-electron chi connectivity index (χ0n) is 20.4. The summed E-state index contributed by atoms with van der Waals surface area (Å²) in [6.45, 7) is 1.12. The summed E-state index contributed by atoms with van der Waals surface area (Å²) < 4.78 is 59.5.